The number of ether oxygens (including phenoxy) is 1. The third-order valence-corrected chi connectivity index (χ3v) is 5.80. The van der Waals surface area contributed by atoms with Gasteiger partial charge in [0.1, 0.15) is 11.5 Å². The largest absolute Gasteiger partial charge is 0.507 e. The van der Waals surface area contributed by atoms with Gasteiger partial charge in [0.05, 0.1) is 18.2 Å². The van der Waals surface area contributed by atoms with Crippen LogP contribution in [0.2, 0.25) is 0 Å². The number of aryl methyl sites for hydroxylation is 2. The number of carbonyl (C=O) groups excluding carboxylic acids is 2. The number of rotatable bonds is 6. The number of aliphatic hydroxyl groups is 1. The van der Waals surface area contributed by atoms with E-state index in [1.807, 2.05) is 26.0 Å². The van der Waals surface area contributed by atoms with Gasteiger partial charge in [-0.15, -0.1) is 0 Å². The smallest absolute Gasteiger partial charge is 0.300 e. The lowest BCUT2D eigenvalue weighted by atomic mass is 9.95. The van der Waals surface area contributed by atoms with Crippen molar-refractivity contribution >= 4 is 23.1 Å². The summed E-state index contributed by atoms with van der Waals surface area (Å²) in [7, 11) is 0. The molecule has 1 amide bonds. The van der Waals surface area contributed by atoms with Crippen LogP contribution in [0.15, 0.2) is 72.6 Å². The SMILES string of the molecule is Cc1ccc(N2C(=O)C(=O)/C(=C(\O)c3ccc(OCC(C)C)c(C)c3)C2c2ccncc2)cc1. The van der Waals surface area contributed by atoms with Gasteiger partial charge in [0.25, 0.3) is 11.7 Å². The Morgan fingerprint density at radius 1 is 1.03 bits per heavy atom. The molecule has 3 aromatic rings. The number of Topliss-reactive ketones (excluding diaryl/α,β-unsaturated/α-hetero) is 1. The first-order valence-corrected chi connectivity index (χ1v) is 11.3. The van der Waals surface area contributed by atoms with Crippen LogP contribution in [0, 0.1) is 19.8 Å². The average Bonchev–Trinajstić information content (AvgIpc) is 3.09. The van der Waals surface area contributed by atoms with Crippen molar-refractivity contribution in [1.82, 2.24) is 4.98 Å². The second-order valence-electron chi connectivity index (χ2n) is 8.97. The van der Waals surface area contributed by atoms with Crippen molar-refractivity contribution in [3.05, 3.63) is 94.8 Å². The molecule has 1 aliphatic heterocycles. The van der Waals surface area contributed by atoms with Gasteiger partial charge in [0.2, 0.25) is 0 Å². The first-order valence-electron chi connectivity index (χ1n) is 11.3. The van der Waals surface area contributed by atoms with E-state index in [4.69, 9.17) is 4.74 Å². The van der Waals surface area contributed by atoms with Gasteiger partial charge in [-0.3, -0.25) is 19.5 Å². The summed E-state index contributed by atoms with van der Waals surface area (Å²) in [6, 6.07) is 15.4. The van der Waals surface area contributed by atoms with E-state index in [0.29, 0.717) is 29.3 Å². The summed E-state index contributed by atoms with van der Waals surface area (Å²) in [6.45, 7) is 8.56. The average molecular weight is 457 g/mol. The Balaban J connectivity index is 1.83. The van der Waals surface area contributed by atoms with Gasteiger partial charge >= 0.3 is 0 Å². The Morgan fingerprint density at radius 3 is 2.32 bits per heavy atom. The van der Waals surface area contributed by atoms with Gasteiger partial charge in [0.15, 0.2) is 0 Å². The monoisotopic (exact) mass is 456 g/mol. The molecule has 0 aliphatic carbocycles. The molecule has 1 aromatic heterocycles. The molecule has 0 bridgehead atoms. The van der Waals surface area contributed by atoms with E-state index in [9.17, 15) is 14.7 Å². The number of hydrogen-bond donors (Lipinski definition) is 1. The summed E-state index contributed by atoms with van der Waals surface area (Å²) in [5.74, 6) is -0.520. The number of pyridine rings is 1. The first-order chi connectivity index (χ1) is 16.3. The maximum absolute atomic E-state index is 13.2. The number of amides is 1. The zero-order valence-electron chi connectivity index (χ0n) is 19.8. The van der Waals surface area contributed by atoms with Crippen LogP contribution in [0.1, 0.15) is 42.1 Å². The lowest BCUT2D eigenvalue weighted by molar-refractivity contribution is -0.132. The quantitative estimate of drug-likeness (QED) is 0.307. The highest BCUT2D eigenvalue weighted by Gasteiger charge is 2.46. The van der Waals surface area contributed by atoms with Crippen molar-refractivity contribution in [3.8, 4) is 5.75 Å². The molecule has 6 nitrogen and oxygen atoms in total. The summed E-state index contributed by atoms with van der Waals surface area (Å²) < 4.78 is 5.84. The van der Waals surface area contributed by atoms with Crippen molar-refractivity contribution < 1.29 is 19.4 Å². The Bertz CT molecular complexity index is 1250. The van der Waals surface area contributed by atoms with E-state index < -0.39 is 17.7 Å². The van der Waals surface area contributed by atoms with Gasteiger partial charge in [-0.2, -0.15) is 0 Å². The molecule has 6 heteroatoms. The van der Waals surface area contributed by atoms with Crippen molar-refractivity contribution in [1.29, 1.82) is 0 Å². The number of aromatic nitrogens is 1. The van der Waals surface area contributed by atoms with Gasteiger partial charge < -0.3 is 9.84 Å². The highest BCUT2D eigenvalue weighted by molar-refractivity contribution is 6.51. The number of aliphatic hydroxyl groups excluding tert-OH is 1. The molecule has 0 spiro atoms. The van der Waals surface area contributed by atoms with E-state index >= 15 is 0 Å². The predicted molar refractivity (Wildman–Crippen MR) is 132 cm³/mol. The van der Waals surface area contributed by atoms with Gasteiger partial charge in [0, 0.05) is 23.6 Å². The number of ketones is 1. The molecule has 0 saturated carbocycles. The van der Waals surface area contributed by atoms with Crippen LogP contribution in [0.5, 0.6) is 5.75 Å². The molecule has 1 unspecified atom stereocenters. The van der Waals surface area contributed by atoms with Gasteiger partial charge in [-0.05, 0) is 73.4 Å². The minimum absolute atomic E-state index is 0.0482. The number of hydrogen-bond acceptors (Lipinski definition) is 5. The maximum Gasteiger partial charge on any atom is 0.300 e. The fourth-order valence-electron chi connectivity index (χ4n) is 4.04. The van der Waals surface area contributed by atoms with Crippen molar-refractivity contribution in [3.63, 3.8) is 0 Å². The van der Waals surface area contributed by atoms with Crippen LogP contribution in [-0.2, 0) is 9.59 Å². The summed E-state index contributed by atoms with van der Waals surface area (Å²) in [4.78, 5) is 31.9. The summed E-state index contributed by atoms with van der Waals surface area (Å²) in [5.41, 5.74) is 3.64. The second-order valence-corrected chi connectivity index (χ2v) is 8.97. The Labute approximate surface area is 199 Å². The normalized spacial score (nSPS) is 17.4. The molecule has 1 N–H and O–H groups in total. The third-order valence-electron chi connectivity index (χ3n) is 5.80. The lowest BCUT2D eigenvalue weighted by Crippen LogP contribution is -2.29. The van der Waals surface area contributed by atoms with Crippen LogP contribution in [-0.4, -0.2) is 28.4 Å². The highest BCUT2D eigenvalue weighted by atomic mass is 16.5. The van der Waals surface area contributed by atoms with Crippen LogP contribution in [0.3, 0.4) is 0 Å². The fraction of sp³-hybridized carbons (Fsp3) is 0.250. The van der Waals surface area contributed by atoms with Crippen molar-refractivity contribution in [2.75, 3.05) is 11.5 Å². The molecule has 34 heavy (non-hydrogen) atoms. The summed E-state index contributed by atoms with van der Waals surface area (Å²) in [6.07, 6.45) is 3.21. The molecule has 174 valence electrons. The molecule has 1 atom stereocenters. The Kier molecular flexibility index (Phi) is 6.50. The zero-order chi connectivity index (χ0) is 24.4. The summed E-state index contributed by atoms with van der Waals surface area (Å²) >= 11 is 0. The molecular formula is C28H28N2O4. The number of benzene rings is 2. The molecular weight excluding hydrogens is 428 g/mol. The second kappa shape index (κ2) is 9.51. The number of carbonyl (C=O) groups is 2. The van der Waals surface area contributed by atoms with Crippen LogP contribution in [0.4, 0.5) is 5.69 Å². The van der Waals surface area contributed by atoms with E-state index in [2.05, 4.69) is 18.8 Å². The van der Waals surface area contributed by atoms with Gasteiger partial charge in [-0.1, -0.05) is 31.5 Å². The number of nitrogens with zero attached hydrogens (tertiary/aromatic N) is 2. The highest BCUT2D eigenvalue weighted by Crippen LogP contribution is 2.42. The topological polar surface area (TPSA) is 79.7 Å². The minimum Gasteiger partial charge on any atom is -0.507 e. The Hall–Kier alpha value is -3.93. The number of anilines is 1. The van der Waals surface area contributed by atoms with E-state index in [1.54, 1.807) is 54.9 Å². The molecule has 1 aliphatic rings. The van der Waals surface area contributed by atoms with Gasteiger partial charge in [-0.25, -0.2) is 0 Å². The molecule has 2 aromatic carbocycles. The predicted octanol–water partition coefficient (Wildman–Crippen LogP) is 5.36. The molecule has 4 rings (SSSR count). The zero-order valence-corrected chi connectivity index (χ0v) is 19.8. The lowest BCUT2D eigenvalue weighted by Gasteiger charge is -2.25. The third kappa shape index (κ3) is 4.44. The van der Waals surface area contributed by atoms with Crippen molar-refractivity contribution in [2.45, 2.75) is 33.7 Å². The molecule has 1 fully saturated rings. The Morgan fingerprint density at radius 2 is 1.71 bits per heavy atom. The minimum atomic E-state index is -0.775. The fourth-order valence-corrected chi connectivity index (χ4v) is 4.04. The standard InChI is InChI=1S/C28H28N2O4/c1-17(2)16-34-23-10-7-21(15-19(23)4)26(31)24-25(20-11-13-29-14-12-20)30(28(33)27(24)32)22-8-5-18(3)6-9-22/h5-15,17,25,31H,16H2,1-4H3/b26-24-. The molecule has 1 saturated heterocycles. The molecule has 2 heterocycles. The van der Waals surface area contributed by atoms with Crippen LogP contribution in [0.25, 0.3) is 5.76 Å². The van der Waals surface area contributed by atoms with Crippen molar-refractivity contribution in [2.24, 2.45) is 5.92 Å². The maximum atomic E-state index is 13.2. The van der Waals surface area contributed by atoms with Crippen LogP contribution >= 0.6 is 0 Å². The van der Waals surface area contributed by atoms with E-state index in [0.717, 1.165) is 16.9 Å². The van der Waals surface area contributed by atoms with E-state index in [-0.39, 0.29) is 11.3 Å². The molecule has 0 radical (unpaired) electrons. The first kappa shape index (κ1) is 23.2. The summed E-state index contributed by atoms with van der Waals surface area (Å²) in [5, 5.41) is 11.3. The van der Waals surface area contributed by atoms with Crippen LogP contribution < -0.4 is 9.64 Å². The van der Waals surface area contributed by atoms with E-state index in [1.165, 1.54) is 4.90 Å².